The summed E-state index contributed by atoms with van der Waals surface area (Å²) in [5.41, 5.74) is 2.73. The van der Waals surface area contributed by atoms with Crippen molar-refractivity contribution in [2.75, 3.05) is 6.61 Å². The number of hydrogen-bond acceptors (Lipinski definition) is 4. The smallest absolute Gasteiger partial charge is 0.336 e. The maximum Gasteiger partial charge on any atom is 0.336 e. The number of aromatic nitrogens is 1. The van der Waals surface area contributed by atoms with Crippen LogP contribution in [0.25, 0.3) is 22.2 Å². The third-order valence-electron chi connectivity index (χ3n) is 4.47. The van der Waals surface area contributed by atoms with Crippen LogP contribution in [0, 0.1) is 5.82 Å². The summed E-state index contributed by atoms with van der Waals surface area (Å²) in [6, 6.07) is 12.8. The van der Waals surface area contributed by atoms with Crippen LogP contribution in [-0.2, 0) is 0 Å². The molecule has 0 amide bonds. The second-order valence-corrected chi connectivity index (χ2v) is 6.43. The van der Waals surface area contributed by atoms with E-state index in [2.05, 4.69) is 16.6 Å². The summed E-state index contributed by atoms with van der Waals surface area (Å²) in [5, 5.41) is 9.74. The first-order chi connectivity index (χ1) is 16.4. The molecule has 0 bridgehead atoms. The number of carboxylic acid groups (broad SMARTS) is 1. The molecule has 1 aromatic heterocycles. The molecule has 6 heteroatoms. The van der Waals surface area contributed by atoms with E-state index in [1.165, 1.54) is 18.2 Å². The quantitative estimate of drug-likeness (QED) is 0.364. The van der Waals surface area contributed by atoms with Crippen molar-refractivity contribution in [3.63, 3.8) is 0 Å². The summed E-state index contributed by atoms with van der Waals surface area (Å²) in [6.07, 6.45) is 3.56. The molecule has 3 rings (SSSR count). The van der Waals surface area contributed by atoms with Crippen LogP contribution in [-0.4, -0.2) is 28.9 Å². The van der Waals surface area contributed by atoms with Crippen LogP contribution in [0.15, 0.2) is 66.2 Å². The third-order valence-corrected chi connectivity index (χ3v) is 4.47. The number of benzene rings is 2. The third kappa shape index (κ3) is 7.37. The predicted octanol–water partition coefficient (Wildman–Crippen LogP) is 7.67. The lowest BCUT2D eigenvalue weighted by Gasteiger charge is -2.08. The highest BCUT2D eigenvalue weighted by atomic mass is 19.1. The normalized spacial score (nSPS) is 10.7. The van der Waals surface area contributed by atoms with Gasteiger partial charge in [-0.1, -0.05) is 52.5 Å². The lowest BCUT2D eigenvalue weighted by Crippen LogP contribution is -2.02. The summed E-state index contributed by atoms with van der Waals surface area (Å²) in [5.74, 6) is -0.907. The van der Waals surface area contributed by atoms with Gasteiger partial charge in [0.15, 0.2) is 0 Å². The van der Waals surface area contributed by atoms with Gasteiger partial charge in [-0.3, -0.25) is 4.99 Å². The highest BCUT2D eigenvalue weighted by Gasteiger charge is 2.14. The molecule has 0 unspecified atom stereocenters. The second kappa shape index (κ2) is 14.4. The number of fused-ring (bicyclic) bond motifs is 1. The molecule has 0 fully saturated rings. The van der Waals surface area contributed by atoms with Crippen molar-refractivity contribution in [3.8, 4) is 5.75 Å². The molecule has 180 valence electrons. The predicted molar refractivity (Wildman–Crippen MR) is 140 cm³/mol. The number of carbonyl (C=O) groups is 1. The van der Waals surface area contributed by atoms with E-state index in [9.17, 15) is 14.3 Å². The van der Waals surface area contributed by atoms with Gasteiger partial charge in [0.05, 0.1) is 29.1 Å². The topological polar surface area (TPSA) is 71.8 Å². The molecule has 1 N–H and O–H groups in total. The number of ether oxygens (including phenoxy) is 1. The number of hydrogen-bond donors (Lipinski definition) is 1. The maximum absolute atomic E-state index is 13.5. The molecule has 34 heavy (non-hydrogen) atoms. The first kappa shape index (κ1) is 28.2. The largest absolute Gasteiger partial charge is 0.494 e. The van der Waals surface area contributed by atoms with Gasteiger partial charge in [0.2, 0.25) is 0 Å². The van der Waals surface area contributed by atoms with Crippen LogP contribution in [0.3, 0.4) is 0 Å². The standard InChI is InChI=1S/C24H21FN2O3.2C2H6/c1-4-16(17-6-9-19(10-7-17)30-5-2)14-26-15(3)23-13-21(24(28)29)20-12-18(25)8-11-22(20)27-23;2*1-2/h4,6-14H,3,5H2,1-2H3,(H,28,29);2*1-2H3/b16-4+,26-14?;;. The molecule has 0 radical (unpaired) electrons. The van der Waals surface area contributed by atoms with Gasteiger partial charge in [0.1, 0.15) is 11.6 Å². The Bertz CT molecular complexity index is 1170. The summed E-state index contributed by atoms with van der Waals surface area (Å²) >= 11 is 0. The summed E-state index contributed by atoms with van der Waals surface area (Å²) < 4.78 is 19.0. The van der Waals surface area contributed by atoms with Crippen molar-refractivity contribution < 1.29 is 19.0 Å². The lowest BCUT2D eigenvalue weighted by atomic mass is 10.1. The van der Waals surface area contributed by atoms with Gasteiger partial charge in [-0.05, 0) is 61.4 Å². The maximum atomic E-state index is 13.5. The van der Waals surface area contributed by atoms with E-state index in [1.807, 2.05) is 71.9 Å². The average Bonchev–Trinajstić information content (AvgIpc) is 2.87. The number of allylic oxidation sites excluding steroid dienone is 2. The van der Waals surface area contributed by atoms with Crippen LogP contribution in [0.2, 0.25) is 0 Å². The minimum absolute atomic E-state index is 0.0522. The van der Waals surface area contributed by atoms with Crippen LogP contribution in [0.1, 0.15) is 63.2 Å². The first-order valence-electron chi connectivity index (χ1n) is 11.4. The zero-order valence-corrected chi connectivity index (χ0v) is 20.7. The molecule has 0 aliphatic carbocycles. The van der Waals surface area contributed by atoms with Crippen LogP contribution >= 0.6 is 0 Å². The minimum atomic E-state index is -1.17. The monoisotopic (exact) mass is 464 g/mol. The van der Waals surface area contributed by atoms with Crippen molar-refractivity contribution in [1.29, 1.82) is 0 Å². The molecule has 1 heterocycles. The van der Waals surface area contributed by atoms with Crippen molar-refractivity contribution in [2.45, 2.75) is 41.5 Å². The Hall–Kier alpha value is -3.80. The molecule has 0 atom stereocenters. The Morgan fingerprint density at radius 2 is 1.76 bits per heavy atom. The molecular formula is C28H33FN2O3. The van der Waals surface area contributed by atoms with Crippen LogP contribution < -0.4 is 4.74 Å². The Kier molecular flexibility index (Phi) is 11.9. The Morgan fingerprint density at radius 1 is 1.12 bits per heavy atom. The fraction of sp³-hybridized carbons (Fsp3) is 0.250. The lowest BCUT2D eigenvalue weighted by molar-refractivity contribution is 0.0699. The number of pyridine rings is 1. The van der Waals surface area contributed by atoms with Gasteiger partial charge in [0, 0.05) is 11.6 Å². The van der Waals surface area contributed by atoms with Crippen molar-refractivity contribution in [2.24, 2.45) is 4.99 Å². The number of aromatic carboxylic acids is 1. The van der Waals surface area contributed by atoms with Gasteiger partial charge in [-0.2, -0.15) is 0 Å². The molecular weight excluding hydrogens is 431 g/mol. The second-order valence-electron chi connectivity index (χ2n) is 6.43. The van der Waals surface area contributed by atoms with Gasteiger partial charge in [-0.15, -0.1) is 0 Å². The van der Waals surface area contributed by atoms with Gasteiger partial charge >= 0.3 is 5.97 Å². The molecule has 2 aromatic carbocycles. The summed E-state index contributed by atoms with van der Waals surface area (Å²) in [6.45, 7) is 16.3. The van der Waals surface area contributed by atoms with Crippen LogP contribution in [0.4, 0.5) is 4.39 Å². The molecule has 0 saturated carbocycles. The fourth-order valence-electron chi connectivity index (χ4n) is 2.96. The van der Waals surface area contributed by atoms with Crippen molar-refractivity contribution >= 4 is 34.4 Å². The highest BCUT2D eigenvalue weighted by Crippen LogP contribution is 2.24. The van der Waals surface area contributed by atoms with Crippen molar-refractivity contribution in [3.05, 3.63) is 83.8 Å². The molecule has 3 aromatic rings. The van der Waals surface area contributed by atoms with E-state index >= 15 is 0 Å². The van der Waals surface area contributed by atoms with E-state index in [0.717, 1.165) is 23.0 Å². The first-order valence-corrected chi connectivity index (χ1v) is 11.4. The zero-order chi connectivity index (χ0) is 25.7. The van der Waals surface area contributed by atoms with E-state index < -0.39 is 11.8 Å². The number of aliphatic imine (C=N–C) groups is 1. The summed E-state index contributed by atoms with van der Waals surface area (Å²) in [4.78, 5) is 20.4. The number of nitrogens with zero attached hydrogens (tertiary/aromatic N) is 2. The zero-order valence-electron chi connectivity index (χ0n) is 20.7. The summed E-state index contributed by atoms with van der Waals surface area (Å²) in [7, 11) is 0. The van der Waals surface area contributed by atoms with E-state index in [1.54, 1.807) is 6.21 Å². The Balaban J connectivity index is 0.00000137. The van der Waals surface area contributed by atoms with Crippen LogP contribution in [0.5, 0.6) is 5.75 Å². The molecule has 0 spiro atoms. The average molecular weight is 465 g/mol. The van der Waals surface area contributed by atoms with Gasteiger partial charge < -0.3 is 9.84 Å². The SMILES string of the molecule is C=C(N=C/C(=C\C)c1ccc(OCC)cc1)c1cc(C(=O)O)c2cc(F)ccc2n1.CC.CC. The molecule has 0 aliphatic rings. The number of carboxylic acids is 1. The van der Waals surface area contributed by atoms with Gasteiger partial charge in [-0.25, -0.2) is 14.2 Å². The van der Waals surface area contributed by atoms with Crippen molar-refractivity contribution in [1.82, 2.24) is 4.98 Å². The molecule has 0 saturated heterocycles. The number of rotatable bonds is 7. The van der Waals surface area contributed by atoms with E-state index in [0.29, 0.717) is 23.5 Å². The minimum Gasteiger partial charge on any atom is -0.494 e. The van der Waals surface area contributed by atoms with Gasteiger partial charge in [0.25, 0.3) is 0 Å². The Labute approximate surface area is 201 Å². The van der Waals surface area contributed by atoms with E-state index in [-0.39, 0.29) is 10.9 Å². The molecule has 0 aliphatic heterocycles. The fourth-order valence-corrected chi connectivity index (χ4v) is 2.96. The highest BCUT2D eigenvalue weighted by molar-refractivity contribution is 6.11. The molecule has 5 nitrogen and oxygen atoms in total. The Morgan fingerprint density at radius 3 is 2.32 bits per heavy atom. The van der Waals surface area contributed by atoms with E-state index in [4.69, 9.17) is 4.74 Å². The number of halogens is 1.